The van der Waals surface area contributed by atoms with Gasteiger partial charge in [0.15, 0.2) is 5.65 Å². The molecule has 2 heterocycles. The van der Waals surface area contributed by atoms with E-state index in [1.807, 2.05) is 11.6 Å². The fourth-order valence-electron chi connectivity index (χ4n) is 3.20. The highest BCUT2D eigenvalue weighted by molar-refractivity contribution is 5.77. The molecule has 0 aromatic carbocycles. The van der Waals surface area contributed by atoms with Crippen LogP contribution in [0.2, 0.25) is 0 Å². The maximum atomic E-state index is 6.13. The molecule has 3 rings (SSSR count). The Morgan fingerprint density at radius 1 is 1.39 bits per heavy atom. The fraction of sp³-hybridized carbons (Fsp3) is 0.692. The Hall–Kier alpha value is -1.52. The summed E-state index contributed by atoms with van der Waals surface area (Å²) in [4.78, 5) is 4.51. The van der Waals surface area contributed by atoms with Crippen molar-refractivity contribution in [2.75, 3.05) is 5.73 Å². The van der Waals surface area contributed by atoms with E-state index in [1.165, 1.54) is 19.3 Å². The Morgan fingerprint density at radius 3 is 2.78 bits per heavy atom. The van der Waals surface area contributed by atoms with Crippen LogP contribution in [0, 0.1) is 12.8 Å². The quantitative estimate of drug-likeness (QED) is 0.887. The molecule has 2 aromatic heterocycles. The van der Waals surface area contributed by atoms with E-state index in [1.54, 1.807) is 0 Å². The van der Waals surface area contributed by atoms with Crippen molar-refractivity contribution in [1.82, 2.24) is 19.3 Å². The summed E-state index contributed by atoms with van der Waals surface area (Å²) in [5.74, 6) is 1.43. The normalized spacial score (nSPS) is 24.2. The number of rotatable bonds is 2. The van der Waals surface area contributed by atoms with Crippen LogP contribution in [0.3, 0.4) is 0 Å². The van der Waals surface area contributed by atoms with Gasteiger partial charge >= 0.3 is 0 Å². The van der Waals surface area contributed by atoms with Gasteiger partial charge in [0.1, 0.15) is 5.52 Å². The van der Waals surface area contributed by atoms with Gasteiger partial charge in [-0.05, 0) is 39.0 Å². The standard InChI is InChI=1S/C13H21N5/c1-4-17-12-11(9(3)16-17)15-13(14)18(12)10-6-5-8(2)7-10/h8,10H,4-7H2,1-3H3,(H2,14,15). The summed E-state index contributed by atoms with van der Waals surface area (Å²) in [6.45, 7) is 7.28. The van der Waals surface area contributed by atoms with Gasteiger partial charge in [-0.25, -0.2) is 9.67 Å². The number of nitrogens with zero attached hydrogens (tertiary/aromatic N) is 4. The van der Waals surface area contributed by atoms with E-state index >= 15 is 0 Å². The fourth-order valence-corrected chi connectivity index (χ4v) is 3.20. The van der Waals surface area contributed by atoms with Crippen LogP contribution in [0.5, 0.6) is 0 Å². The molecule has 0 saturated heterocycles. The summed E-state index contributed by atoms with van der Waals surface area (Å²) in [5.41, 5.74) is 9.17. The number of nitrogen functional groups attached to an aromatic ring is 1. The number of aromatic nitrogens is 4. The van der Waals surface area contributed by atoms with Crippen molar-refractivity contribution >= 4 is 17.1 Å². The number of imidazole rings is 1. The topological polar surface area (TPSA) is 61.7 Å². The molecule has 2 N–H and O–H groups in total. The highest BCUT2D eigenvalue weighted by atomic mass is 15.4. The first-order chi connectivity index (χ1) is 8.61. The van der Waals surface area contributed by atoms with Gasteiger partial charge in [0.05, 0.1) is 5.69 Å². The van der Waals surface area contributed by atoms with Gasteiger partial charge in [0.2, 0.25) is 5.95 Å². The van der Waals surface area contributed by atoms with E-state index < -0.39 is 0 Å². The lowest BCUT2D eigenvalue weighted by molar-refractivity contribution is 0.497. The van der Waals surface area contributed by atoms with Gasteiger partial charge in [-0.1, -0.05) is 6.92 Å². The van der Waals surface area contributed by atoms with Gasteiger partial charge in [-0.15, -0.1) is 0 Å². The average Bonchev–Trinajstić information content (AvgIpc) is 2.96. The second-order valence-electron chi connectivity index (χ2n) is 5.49. The number of hydrogen-bond donors (Lipinski definition) is 1. The van der Waals surface area contributed by atoms with E-state index in [4.69, 9.17) is 5.73 Å². The summed E-state index contributed by atoms with van der Waals surface area (Å²) in [7, 11) is 0. The van der Waals surface area contributed by atoms with Gasteiger partial charge in [0, 0.05) is 12.6 Å². The zero-order chi connectivity index (χ0) is 12.9. The second kappa shape index (κ2) is 4.00. The highest BCUT2D eigenvalue weighted by Gasteiger charge is 2.28. The second-order valence-corrected chi connectivity index (χ2v) is 5.49. The smallest absolute Gasteiger partial charge is 0.202 e. The Labute approximate surface area is 107 Å². The average molecular weight is 247 g/mol. The van der Waals surface area contributed by atoms with Crippen LogP contribution in [0.4, 0.5) is 5.95 Å². The van der Waals surface area contributed by atoms with Gasteiger partial charge in [-0.2, -0.15) is 5.10 Å². The number of fused-ring (bicyclic) bond motifs is 1. The maximum Gasteiger partial charge on any atom is 0.202 e. The molecule has 0 amide bonds. The maximum absolute atomic E-state index is 6.13. The van der Waals surface area contributed by atoms with E-state index in [9.17, 15) is 0 Å². The van der Waals surface area contributed by atoms with Crippen molar-refractivity contribution in [3.05, 3.63) is 5.69 Å². The lowest BCUT2D eigenvalue weighted by Gasteiger charge is -2.15. The Balaban J connectivity index is 2.18. The number of hydrogen-bond acceptors (Lipinski definition) is 3. The molecule has 0 bridgehead atoms. The van der Waals surface area contributed by atoms with Crippen molar-refractivity contribution < 1.29 is 0 Å². The van der Waals surface area contributed by atoms with Crippen LogP contribution >= 0.6 is 0 Å². The lowest BCUT2D eigenvalue weighted by Crippen LogP contribution is -2.12. The van der Waals surface area contributed by atoms with Crippen molar-refractivity contribution in [3.63, 3.8) is 0 Å². The summed E-state index contributed by atoms with van der Waals surface area (Å²) in [6, 6.07) is 0.492. The van der Waals surface area contributed by atoms with E-state index in [0.717, 1.165) is 29.3 Å². The first-order valence-corrected chi connectivity index (χ1v) is 6.82. The van der Waals surface area contributed by atoms with Crippen molar-refractivity contribution in [1.29, 1.82) is 0 Å². The largest absolute Gasteiger partial charge is 0.369 e. The summed E-state index contributed by atoms with van der Waals surface area (Å²) < 4.78 is 4.24. The van der Waals surface area contributed by atoms with E-state index in [-0.39, 0.29) is 0 Å². The predicted molar refractivity (Wildman–Crippen MR) is 72.4 cm³/mol. The molecule has 0 aliphatic heterocycles. The number of anilines is 1. The SMILES string of the molecule is CCn1nc(C)c2nc(N)n(C3CCC(C)C3)c21. The first kappa shape index (κ1) is 11.6. The van der Waals surface area contributed by atoms with E-state index in [2.05, 4.69) is 28.5 Å². The molecule has 5 heteroatoms. The van der Waals surface area contributed by atoms with Crippen LogP contribution in [-0.4, -0.2) is 19.3 Å². The van der Waals surface area contributed by atoms with Gasteiger partial charge in [0.25, 0.3) is 0 Å². The third-order valence-electron chi connectivity index (χ3n) is 4.10. The first-order valence-electron chi connectivity index (χ1n) is 6.82. The Morgan fingerprint density at radius 2 is 2.17 bits per heavy atom. The molecule has 18 heavy (non-hydrogen) atoms. The van der Waals surface area contributed by atoms with Crippen LogP contribution in [0.1, 0.15) is 44.8 Å². The molecule has 1 fully saturated rings. The molecule has 1 aliphatic carbocycles. The number of aryl methyl sites for hydroxylation is 2. The Bertz CT molecular complexity index is 580. The molecule has 2 unspecified atom stereocenters. The molecule has 1 aliphatic rings. The summed E-state index contributed by atoms with van der Waals surface area (Å²) in [5, 5.41) is 4.54. The van der Waals surface area contributed by atoms with Gasteiger partial charge < -0.3 is 5.73 Å². The minimum Gasteiger partial charge on any atom is -0.369 e. The Kier molecular flexibility index (Phi) is 2.57. The third-order valence-corrected chi connectivity index (χ3v) is 4.10. The molecule has 2 aromatic rings. The van der Waals surface area contributed by atoms with Crippen LogP contribution in [0.15, 0.2) is 0 Å². The summed E-state index contributed by atoms with van der Waals surface area (Å²) in [6.07, 6.45) is 3.68. The summed E-state index contributed by atoms with van der Waals surface area (Å²) >= 11 is 0. The van der Waals surface area contributed by atoms with Crippen LogP contribution < -0.4 is 5.73 Å². The predicted octanol–water partition coefficient (Wildman–Crippen LogP) is 2.50. The van der Waals surface area contributed by atoms with Crippen molar-refractivity contribution in [3.8, 4) is 0 Å². The van der Waals surface area contributed by atoms with Crippen molar-refractivity contribution in [2.24, 2.45) is 5.92 Å². The molecule has 0 spiro atoms. The van der Waals surface area contributed by atoms with E-state index in [0.29, 0.717) is 12.0 Å². The van der Waals surface area contributed by atoms with Gasteiger partial charge in [-0.3, -0.25) is 4.57 Å². The molecular formula is C13H21N5. The molecular weight excluding hydrogens is 226 g/mol. The molecule has 5 nitrogen and oxygen atoms in total. The highest BCUT2D eigenvalue weighted by Crippen LogP contribution is 2.38. The minimum absolute atomic E-state index is 0.492. The number of nitrogens with two attached hydrogens (primary N) is 1. The third kappa shape index (κ3) is 1.53. The van der Waals surface area contributed by atoms with Crippen LogP contribution in [-0.2, 0) is 6.54 Å². The minimum atomic E-state index is 0.492. The molecule has 2 atom stereocenters. The zero-order valence-electron chi connectivity index (χ0n) is 11.3. The molecule has 0 radical (unpaired) electrons. The zero-order valence-corrected chi connectivity index (χ0v) is 11.3. The van der Waals surface area contributed by atoms with Crippen molar-refractivity contribution in [2.45, 2.75) is 52.6 Å². The molecule has 98 valence electrons. The van der Waals surface area contributed by atoms with Crippen LogP contribution in [0.25, 0.3) is 11.2 Å². The monoisotopic (exact) mass is 247 g/mol. The molecule has 1 saturated carbocycles. The lowest BCUT2D eigenvalue weighted by atomic mass is 10.1.